The number of benzene rings is 2. The van der Waals surface area contributed by atoms with E-state index in [1.54, 1.807) is 12.1 Å². The Balaban J connectivity index is 1.57. The molecule has 8 nitrogen and oxygen atoms in total. The predicted molar refractivity (Wildman–Crippen MR) is 114 cm³/mol. The molecule has 0 saturated carbocycles. The second kappa shape index (κ2) is 9.88. The Labute approximate surface area is 180 Å². The number of sulfonamides is 1. The second-order valence-electron chi connectivity index (χ2n) is 7.07. The minimum absolute atomic E-state index is 0.290. The number of nitrogens with one attached hydrogen (secondary N) is 2. The molecule has 0 atom stereocenters. The molecule has 0 bridgehead atoms. The van der Waals surface area contributed by atoms with Crippen LogP contribution in [0.3, 0.4) is 0 Å². The lowest BCUT2D eigenvalue weighted by Crippen LogP contribution is -2.29. The van der Waals surface area contributed by atoms with Crippen LogP contribution in [0.1, 0.15) is 29.6 Å². The first-order valence-corrected chi connectivity index (χ1v) is 11.3. The Hall–Kier alpha value is -2.98. The third-order valence-corrected chi connectivity index (χ3v) is 6.36. The van der Waals surface area contributed by atoms with E-state index in [9.17, 15) is 22.4 Å². The summed E-state index contributed by atoms with van der Waals surface area (Å²) in [6, 6.07) is 10.1. The standard InChI is InChI=1S/C21H24FN3O5S/c1-23-31(28,29)17-9-10-19(22)18(13-17)21(27)30-14-20(26)24-15-5-7-16(8-6-15)25-11-3-2-4-12-25/h5-10,13,23H,2-4,11-12,14H2,1H3,(H,24,26). The Bertz CT molecular complexity index is 1050. The fourth-order valence-corrected chi connectivity index (χ4v) is 4.02. The van der Waals surface area contributed by atoms with Crippen molar-refractivity contribution >= 4 is 33.3 Å². The van der Waals surface area contributed by atoms with E-state index in [-0.39, 0.29) is 4.90 Å². The van der Waals surface area contributed by atoms with Gasteiger partial charge in [0.1, 0.15) is 5.82 Å². The molecule has 10 heteroatoms. The van der Waals surface area contributed by atoms with Gasteiger partial charge in [0, 0.05) is 24.5 Å². The molecule has 1 heterocycles. The van der Waals surface area contributed by atoms with Gasteiger partial charge in [-0.05, 0) is 68.8 Å². The van der Waals surface area contributed by atoms with Crippen molar-refractivity contribution in [1.29, 1.82) is 0 Å². The monoisotopic (exact) mass is 449 g/mol. The Kier molecular flexibility index (Phi) is 7.24. The van der Waals surface area contributed by atoms with Crippen molar-refractivity contribution in [1.82, 2.24) is 4.72 Å². The highest BCUT2D eigenvalue weighted by Gasteiger charge is 2.20. The van der Waals surface area contributed by atoms with Crippen LogP contribution in [0.5, 0.6) is 0 Å². The Morgan fingerprint density at radius 3 is 2.39 bits per heavy atom. The first-order chi connectivity index (χ1) is 14.8. The van der Waals surface area contributed by atoms with Gasteiger partial charge in [-0.2, -0.15) is 0 Å². The van der Waals surface area contributed by atoms with Crippen LogP contribution >= 0.6 is 0 Å². The summed E-state index contributed by atoms with van der Waals surface area (Å²) in [5.41, 5.74) is 1.04. The number of amides is 1. The van der Waals surface area contributed by atoms with Crippen molar-refractivity contribution < 1.29 is 27.1 Å². The molecule has 31 heavy (non-hydrogen) atoms. The van der Waals surface area contributed by atoms with E-state index in [0.29, 0.717) is 5.69 Å². The van der Waals surface area contributed by atoms with Crippen LogP contribution in [0.4, 0.5) is 15.8 Å². The minimum Gasteiger partial charge on any atom is -0.452 e. The molecule has 1 saturated heterocycles. The van der Waals surface area contributed by atoms with E-state index in [0.717, 1.165) is 49.8 Å². The van der Waals surface area contributed by atoms with Gasteiger partial charge >= 0.3 is 5.97 Å². The van der Waals surface area contributed by atoms with Crippen LogP contribution < -0.4 is 14.9 Å². The maximum atomic E-state index is 14.0. The van der Waals surface area contributed by atoms with Gasteiger partial charge in [-0.1, -0.05) is 0 Å². The maximum absolute atomic E-state index is 14.0. The second-order valence-corrected chi connectivity index (χ2v) is 8.95. The molecule has 0 aliphatic carbocycles. The number of carbonyl (C=O) groups is 2. The molecule has 1 aliphatic heterocycles. The lowest BCUT2D eigenvalue weighted by molar-refractivity contribution is -0.119. The van der Waals surface area contributed by atoms with E-state index >= 15 is 0 Å². The van der Waals surface area contributed by atoms with Gasteiger partial charge in [0.2, 0.25) is 10.0 Å². The van der Waals surface area contributed by atoms with Gasteiger partial charge < -0.3 is 15.0 Å². The first kappa shape index (κ1) is 22.7. The van der Waals surface area contributed by atoms with Crippen molar-refractivity contribution in [3.8, 4) is 0 Å². The minimum atomic E-state index is -3.86. The van der Waals surface area contributed by atoms with Crippen LogP contribution in [0.15, 0.2) is 47.4 Å². The molecule has 2 N–H and O–H groups in total. The SMILES string of the molecule is CNS(=O)(=O)c1ccc(F)c(C(=O)OCC(=O)Nc2ccc(N3CCCCC3)cc2)c1. The molecule has 1 amide bonds. The number of carbonyl (C=O) groups excluding carboxylic acids is 2. The number of hydrogen-bond acceptors (Lipinski definition) is 6. The number of hydrogen-bond donors (Lipinski definition) is 2. The number of rotatable bonds is 7. The number of halogens is 1. The summed E-state index contributed by atoms with van der Waals surface area (Å²) in [7, 11) is -2.67. The third kappa shape index (κ3) is 5.80. The summed E-state index contributed by atoms with van der Waals surface area (Å²) >= 11 is 0. The molecule has 3 rings (SSSR count). The van der Waals surface area contributed by atoms with Crippen LogP contribution in [0, 0.1) is 5.82 Å². The molecular formula is C21H24FN3O5S. The largest absolute Gasteiger partial charge is 0.452 e. The van der Waals surface area contributed by atoms with Gasteiger partial charge in [-0.3, -0.25) is 4.79 Å². The van der Waals surface area contributed by atoms with Gasteiger partial charge in [0.05, 0.1) is 10.5 Å². The molecule has 0 radical (unpaired) electrons. The fourth-order valence-electron chi connectivity index (χ4n) is 3.26. The number of piperidine rings is 1. The molecular weight excluding hydrogens is 425 g/mol. The molecule has 166 valence electrons. The molecule has 1 fully saturated rings. The highest BCUT2D eigenvalue weighted by molar-refractivity contribution is 7.89. The van der Waals surface area contributed by atoms with E-state index in [1.807, 2.05) is 12.1 Å². The van der Waals surface area contributed by atoms with E-state index < -0.39 is 39.9 Å². The highest BCUT2D eigenvalue weighted by Crippen LogP contribution is 2.22. The first-order valence-electron chi connectivity index (χ1n) is 9.85. The van der Waals surface area contributed by atoms with Crippen molar-refractivity contribution in [3.63, 3.8) is 0 Å². The molecule has 0 aromatic heterocycles. The summed E-state index contributed by atoms with van der Waals surface area (Å²) in [6.07, 6.45) is 3.56. The zero-order valence-corrected chi connectivity index (χ0v) is 17.9. The quantitative estimate of drug-likeness (QED) is 0.630. The average molecular weight is 450 g/mol. The van der Waals surface area contributed by atoms with Crippen molar-refractivity contribution in [3.05, 3.63) is 53.8 Å². The molecule has 0 spiro atoms. The van der Waals surface area contributed by atoms with Gasteiger partial charge in [0.15, 0.2) is 6.61 Å². The van der Waals surface area contributed by atoms with E-state index in [2.05, 4.69) is 14.9 Å². The van der Waals surface area contributed by atoms with Crippen LogP contribution in [0.25, 0.3) is 0 Å². The smallest absolute Gasteiger partial charge is 0.341 e. The predicted octanol–water partition coefficient (Wildman–Crippen LogP) is 2.52. The van der Waals surface area contributed by atoms with Crippen molar-refractivity contribution in [2.45, 2.75) is 24.2 Å². The van der Waals surface area contributed by atoms with Crippen molar-refractivity contribution in [2.24, 2.45) is 0 Å². The Morgan fingerprint density at radius 2 is 1.74 bits per heavy atom. The van der Waals surface area contributed by atoms with E-state index in [4.69, 9.17) is 4.74 Å². The summed E-state index contributed by atoms with van der Waals surface area (Å²) in [4.78, 5) is 26.2. The fraction of sp³-hybridized carbons (Fsp3) is 0.333. The summed E-state index contributed by atoms with van der Waals surface area (Å²) in [5, 5.41) is 2.60. The van der Waals surface area contributed by atoms with Crippen LogP contribution in [-0.2, 0) is 19.6 Å². The van der Waals surface area contributed by atoms with Gasteiger partial charge in [-0.15, -0.1) is 0 Å². The molecule has 1 aliphatic rings. The summed E-state index contributed by atoms with van der Waals surface area (Å²) in [5.74, 6) is -2.69. The lowest BCUT2D eigenvalue weighted by atomic mass is 10.1. The Morgan fingerprint density at radius 1 is 1.06 bits per heavy atom. The third-order valence-electron chi connectivity index (χ3n) is 4.94. The maximum Gasteiger partial charge on any atom is 0.341 e. The van der Waals surface area contributed by atoms with Gasteiger partial charge in [0.25, 0.3) is 5.91 Å². The molecule has 2 aromatic carbocycles. The highest BCUT2D eigenvalue weighted by atomic mass is 32.2. The topological polar surface area (TPSA) is 105 Å². The van der Waals surface area contributed by atoms with E-state index in [1.165, 1.54) is 13.5 Å². The number of ether oxygens (including phenoxy) is 1. The number of esters is 1. The zero-order chi connectivity index (χ0) is 22.4. The lowest BCUT2D eigenvalue weighted by Gasteiger charge is -2.28. The normalized spacial score (nSPS) is 14.2. The summed E-state index contributed by atoms with van der Waals surface area (Å²) < 4.78 is 44.5. The van der Waals surface area contributed by atoms with Crippen LogP contribution in [0.2, 0.25) is 0 Å². The molecule has 0 unspecified atom stereocenters. The van der Waals surface area contributed by atoms with Gasteiger partial charge in [-0.25, -0.2) is 22.3 Å². The zero-order valence-electron chi connectivity index (χ0n) is 17.1. The number of nitrogens with zero attached hydrogens (tertiary/aromatic N) is 1. The molecule has 2 aromatic rings. The number of anilines is 2. The summed E-state index contributed by atoms with van der Waals surface area (Å²) in [6.45, 7) is 1.37. The van der Waals surface area contributed by atoms with Crippen molar-refractivity contribution in [2.75, 3.05) is 37.0 Å². The van der Waals surface area contributed by atoms with Crippen LogP contribution in [-0.4, -0.2) is 47.0 Å². The average Bonchev–Trinajstić information content (AvgIpc) is 2.78.